The Balaban J connectivity index is 1.90. The van der Waals surface area contributed by atoms with Crippen LogP contribution < -0.4 is 9.08 Å². The van der Waals surface area contributed by atoms with Gasteiger partial charge in [0, 0.05) is 37.9 Å². The van der Waals surface area contributed by atoms with Gasteiger partial charge in [-0.15, -0.1) is 0 Å². The monoisotopic (exact) mass is 450 g/mol. The maximum absolute atomic E-state index is 11.7. The van der Waals surface area contributed by atoms with E-state index in [1.54, 1.807) is 0 Å². The fourth-order valence-corrected chi connectivity index (χ4v) is 6.48. The molecule has 1 saturated carbocycles. The Labute approximate surface area is 190 Å². The predicted molar refractivity (Wildman–Crippen MR) is 130 cm³/mol. The summed E-state index contributed by atoms with van der Waals surface area (Å²) in [5, 5.41) is 0. The summed E-state index contributed by atoms with van der Waals surface area (Å²) in [6.07, 6.45) is 7.13. The van der Waals surface area contributed by atoms with Crippen LogP contribution in [0, 0.1) is 10.8 Å². The predicted octanol–water partition coefficient (Wildman–Crippen LogP) is 5.27. The van der Waals surface area contributed by atoms with Crippen molar-refractivity contribution in [3.8, 4) is 5.75 Å². The standard InChI is InChI=1S/C25H42N2O3S/c1-7-8-11-26-12-14-27(15-13-26)23-16-21(30-31(6,28)29)9-10-22(23)20-17-24(2,3)19-25(4,5)18-20/h9-10,16,20H,7-8,11-15,17-19H2,1-6H3. The van der Waals surface area contributed by atoms with Crippen molar-refractivity contribution in [2.45, 2.75) is 72.6 Å². The van der Waals surface area contributed by atoms with Gasteiger partial charge in [-0.2, -0.15) is 8.42 Å². The average molecular weight is 451 g/mol. The lowest BCUT2D eigenvalue weighted by atomic mass is 9.60. The zero-order valence-electron chi connectivity index (χ0n) is 20.4. The van der Waals surface area contributed by atoms with E-state index in [2.05, 4.69) is 50.5 Å². The Morgan fingerprint density at radius 3 is 2.19 bits per heavy atom. The highest BCUT2D eigenvalue weighted by Gasteiger charge is 2.40. The first-order valence-corrected chi connectivity index (χ1v) is 13.7. The Morgan fingerprint density at radius 2 is 1.65 bits per heavy atom. The molecule has 1 saturated heterocycles. The zero-order chi connectivity index (χ0) is 22.9. The van der Waals surface area contributed by atoms with Crippen LogP contribution in [-0.2, 0) is 10.1 Å². The van der Waals surface area contributed by atoms with Gasteiger partial charge in [0.25, 0.3) is 0 Å². The van der Waals surface area contributed by atoms with Gasteiger partial charge in [-0.3, -0.25) is 4.90 Å². The molecule has 1 aliphatic heterocycles. The van der Waals surface area contributed by atoms with Gasteiger partial charge < -0.3 is 9.08 Å². The van der Waals surface area contributed by atoms with Gasteiger partial charge in [-0.1, -0.05) is 47.1 Å². The van der Waals surface area contributed by atoms with Gasteiger partial charge in [0.05, 0.1) is 6.26 Å². The first-order chi connectivity index (χ1) is 14.4. The van der Waals surface area contributed by atoms with Crippen LogP contribution in [-0.4, -0.2) is 52.3 Å². The molecule has 1 heterocycles. The Bertz CT molecular complexity index is 840. The molecule has 3 rings (SSSR count). The molecule has 5 nitrogen and oxygen atoms in total. The van der Waals surface area contributed by atoms with Crippen LogP contribution in [0.5, 0.6) is 5.75 Å². The number of anilines is 1. The zero-order valence-corrected chi connectivity index (χ0v) is 21.2. The van der Waals surface area contributed by atoms with Crippen molar-refractivity contribution in [2.24, 2.45) is 10.8 Å². The molecule has 0 unspecified atom stereocenters. The van der Waals surface area contributed by atoms with Crippen LogP contribution in [0.4, 0.5) is 5.69 Å². The summed E-state index contributed by atoms with van der Waals surface area (Å²) in [6.45, 7) is 17.0. The lowest BCUT2D eigenvalue weighted by Crippen LogP contribution is -2.47. The molecule has 0 bridgehead atoms. The first-order valence-electron chi connectivity index (χ1n) is 11.9. The highest BCUT2D eigenvalue weighted by atomic mass is 32.2. The van der Waals surface area contributed by atoms with Crippen molar-refractivity contribution in [2.75, 3.05) is 43.9 Å². The molecule has 2 aliphatic rings. The number of unbranched alkanes of at least 4 members (excludes halogenated alkanes) is 1. The summed E-state index contributed by atoms with van der Waals surface area (Å²) >= 11 is 0. The van der Waals surface area contributed by atoms with Crippen molar-refractivity contribution in [3.63, 3.8) is 0 Å². The number of benzene rings is 1. The second-order valence-corrected chi connectivity index (χ2v) is 12.9. The normalized spacial score (nSPS) is 22.5. The average Bonchev–Trinajstić information content (AvgIpc) is 2.63. The van der Waals surface area contributed by atoms with Crippen molar-refractivity contribution in [1.29, 1.82) is 0 Å². The summed E-state index contributed by atoms with van der Waals surface area (Å²) in [7, 11) is -3.55. The molecular formula is C25H42N2O3S. The van der Waals surface area contributed by atoms with Gasteiger partial charge in [0.2, 0.25) is 0 Å². The molecule has 0 aromatic heterocycles. The van der Waals surface area contributed by atoms with Crippen molar-refractivity contribution >= 4 is 15.8 Å². The number of piperazine rings is 1. The minimum Gasteiger partial charge on any atom is -0.383 e. The third-order valence-corrected chi connectivity index (χ3v) is 7.28. The van der Waals surface area contributed by atoms with E-state index in [1.165, 1.54) is 31.4 Å². The molecule has 0 N–H and O–H groups in total. The van der Waals surface area contributed by atoms with Crippen LogP contribution in [0.3, 0.4) is 0 Å². The van der Waals surface area contributed by atoms with E-state index < -0.39 is 10.1 Å². The largest absolute Gasteiger partial charge is 0.383 e. The van der Waals surface area contributed by atoms with Crippen LogP contribution >= 0.6 is 0 Å². The topological polar surface area (TPSA) is 49.9 Å². The second kappa shape index (κ2) is 9.30. The maximum Gasteiger partial charge on any atom is 0.306 e. The van der Waals surface area contributed by atoms with Gasteiger partial charge in [-0.05, 0) is 60.6 Å². The van der Waals surface area contributed by atoms with Crippen molar-refractivity contribution in [3.05, 3.63) is 23.8 Å². The molecule has 2 fully saturated rings. The van der Waals surface area contributed by atoms with Gasteiger partial charge in [-0.25, -0.2) is 0 Å². The van der Waals surface area contributed by atoms with Gasteiger partial charge >= 0.3 is 10.1 Å². The van der Waals surface area contributed by atoms with E-state index in [0.29, 0.717) is 22.5 Å². The molecule has 0 amide bonds. The van der Waals surface area contributed by atoms with Gasteiger partial charge in [0.15, 0.2) is 0 Å². The molecule has 6 heteroatoms. The number of hydrogen-bond donors (Lipinski definition) is 0. The Kier molecular flexibility index (Phi) is 7.31. The van der Waals surface area contributed by atoms with E-state index in [4.69, 9.17) is 4.18 Å². The van der Waals surface area contributed by atoms with E-state index in [1.807, 2.05) is 12.1 Å². The minimum absolute atomic E-state index is 0.296. The molecule has 1 aliphatic carbocycles. The molecule has 176 valence electrons. The Morgan fingerprint density at radius 1 is 1.03 bits per heavy atom. The van der Waals surface area contributed by atoms with Gasteiger partial charge in [0.1, 0.15) is 5.75 Å². The van der Waals surface area contributed by atoms with E-state index in [-0.39, 0.29) is 0 Å². The Hall–Kier alpha value is -1.27. The van der Waals surface area contributed by atoms with Crippen molar-refractivity contribution < 1.29 is 12.6 Å². The number of hydrogen-bond acceptors (Lipinski definition) is 5. The van der Waals surface area contributed by atoms with Crippen LogP contribution in [0.2, 0.25) is 0 Å². The molecule has 0 atom stereocenters. The molecule has 31 heavy (non-hydrogen) atoms. The van der Waals surface area contributed by atoms with E-state index >= 15 is 0 Å². The molecule has 1 aromatic carbocycles. The fourth-order valence-electron chi connectivity index (χ4n) is 6.03. The minimum atomic E-state index is -3.55. The SMILES string of the molecule is CCCCN1CCN(c2cc(OS(C)(=O)=O)ccc2C2CC(C)(C)CC(C)(C)C2)CC1. The van der Waals surface area contributed by atoms with E-state index in [0.717, 1.165) is 51.0 Å². The van der Waals surface area contributed by atoms with Crippen LogP contribution in [0.1, 0.15) is 78.2 Å². The summed E-state index contributed by atoms with van der Waals surface area (Å²) in [5.41, 5.74) is 3.10. The highest BCUT2D eigenvalue weighted by Crippen LogP contribution is 2.53. The van der Waals surface area contributed by atoms with E-state index in [9.17, 15) is 8.42 Å². The molecule has 0 spiro atoms. The first kappa shape index (κ1) is 24.4. The number of rotatable bonds is 7. The van der Waals surface area contributed by atoms with Crippen molar-refractivity contribution in [1.82, 2.24) is 4.90 Å². The third-order valence-electron chi connectivity index (χ3n) is 6.79. The third kappa shape index (κ3) is 6.85. The lowest BCUT2D eigenvalue weighted by Gasteiger charge is -2.46. The summed E-state index contributed by atoms with van der Waals surface area (Å²) in [4.78, 5) is 4.99. The smallest absolute Gasteiger partial charge is 0.306 e. The molecular weight excluding hydrogens is 408 g/mol. The van der Waals surface area contributed by atoms with Crippen LogP contribution in [0.15, 0.2) is 18.2 Å². The van der Waals surface area contributed by atoms with Crippen LogP contribution in [0.25, 0.3) is 0 Å². The second-order valence-electron chi connectivity index (χ2n) is 11.3. The molecule has 1 aromatic rings. The quantitative estimate of drug-likeness (QED) is 0.530. The summed E-state index contributed by atoms with van der Waals surface area (Å²) in [5.74, 6) is 0.892. The molecule has 0 radical (unpaired) electrons. The number of nitrogens with zero attached hydrogens (tertiary/aromatic N) is 2. The highest BCUT2D eigenvalue weighted by molar-refractivity contribution is 7.86. The summed E-state index contributed by atoms with van der Waals surface area (Å²) in [6, 6.07) is 5.93. The summed E-state index contributed by atoms with van der Waals surface area (Å²) < 4.78 is 28.8. The lowest BCUT2D eigenvalue weighted by molar-refractivity contribution is 0.0970. The fraction of sp³-hybridized carbons (Fsp3) is 0.760. The maximum atomic E-state index is 11.7.